The maximum Gasteiger partial charge on any atom is 0.130 e. The summed E-state index contributed by atoms with van der Waals surface area (Å²) in [6.45, 7) is 4.38. The van der Waals surface area contributed by atoms with Gasteiger partial charge >= 0.3 is 0 Å². The summed E-state index contributed by atoms with van der Waals surface area (Å²) in [5, 5.41) is 9.91. The van der Waals surface area contributed by atoms with Gasteiger partial charge in [0.2, 0.25) is 0 Å². The SMILES string of the molecule is CCC(C)SCCC(N)(C#N)c1ccccc1. The van der Waals surface area contributed by atoms with Crippen molar-refractivity contribution >= 4 is 11.8 Å². The molecule has 0 amide bonds. The molecular formula is C14H20N2S. The van der Waals surface area contributed by atoms with Gasteiger partial charge < -0.3 is 5.73 Å². The van der Waals surface area contributed by atoms with Gasteiger partial charge in [0.15, 0.2) is 0 Å². The van der Waals surface area contributed by atoms with Crippen LogP contribution in [-0.2, 0) is 5.54 Å². The van der Waals surface area contributed by atoms with Crippen molar-refractivity contribution in [1.82, 2.24) is 0 Å². The van der Waals surface area contributed by atoms with Crippen LogP contribution in [0.3, 0.4) is 0 Å². The Morgan fingerprint density at radius 3 is 2.59 bits per heavy atom. The molecule has 1 rings (SSSR count). The second-order valence-corrected chi connectivity index (χ2v) is 5.84. The lowest BCUT2D eigenvalue weighted by atomic mass is 9.90. The van der Waals surface area contributed by atoms with Crippen molar-refractivity contribution in [2.24, 2.45) is 5.73 Å². The molecule has 0 aliphatic heterocycles. The number of hydrogen-bond donors (Lipinski definition) is 1. The fraction of sp³-hybridized carbons (Fsp3) is 0.500. The van der Waals surface area contributed by atoms with Crippen molar-refractivity contribution in [1.29, 1.82) is 5.26 Å². The first-order valence-corrected chi connectivity index (χ1v) is 7.04. The molecular weight excluding hydrogens is 228 g/mol. The second-order valence-electron chi connectivity index (χ2n) is 4.29. The zero-order valence-corrected chi connectivity index (χ0v) is 11.3. The van der Waals surface area contributed by atoms with Gasteiger partial charge in [-0.3, -0.25) is 0 Å². The van der Waals surface area contributed by atoms with Crippen LogP contribution in [0.4, 0.5) is 0 Å². The highest BCUT2D eigenvalue weighted by Crippen LogP contribution is 2.25. The quantitative estimate of drug-likeness (QED) is 0.840. The maximum atomic E-state index is 9.28. The topological polar surface area (TPSA) is 49.8 Å². The normalized spacial score (nSPS) is 15.9. The zero-order valence-electron chi connectivity index (χ0n) is 10.5. The average molecular weight is 248 g/mol. The first-order chi connectivity index (χ1) is 8.12. The van der Waals surface area contributed by atoms with Crippen LogP contribution in [0.1, 0.15) is 32.3 Å². The summed E-state index contributed by atoms with van der Waals surface area (Å²) in [5.74, 6) is 0.925. The predicted molar refractivity (Wildman–Crippen MR) is 74.7 cm³/mol. The minimum Gasteiger partial charge on any atom is -0.310 e. The van der Waals surface area contributed by atoms with Gasteiger partial charge in [-0.2, -0.15) is 17.0 Å². The van der Waals surface area contributed by atoms with E-state index in [-0.39, 0.29) is 0 Å². The molecule has 0 spiro atoms. The number of rotatable bonds is 6. The van der Waals surface area contributed by atoms with Gasteiger partial charge in [0.1, 0.15) is 5.54 Å². The molecule has 0 saturated carbocycles. The number of nitriles is 1. The summed E-state index contributed by atoms with van der Waals surface area (Å²) in [6, 6.07) is 11.9. The van der Waals surface area contributed by atoms with E-state index in [1.165, 1.54) is 0 Å². The molecule has 0 bridgehead atoms. The fourth-order valence-electron chi connectivity index (χ4n) is 1.54. The molecule has 17 heavy (non-hydrogen) atoms. The molecule has 2 unspecified atom stereocenters. The van der Waals surface area contributed by atoms with Crippen molar-refractivity contribution in [3.63, 3.8) is 0 Å². The van der Waals surface area contributed by atoms with Gasteiger partial charge in [-0.05, 0) is 24.2 Å². The molecule has 0 fully saturated rings. The summed E-state index contributed by atoms with van der Waals surface area (Å²) < 4.78 is 0. The Kier molecular flexibility index (Phi) is 5.54. The van der Waals surface area contributed by atoms with Crippen LogP contribution in [0.25, 0.3) is 0 Å². The Morgan fingerprint density at radius 1 is 1.41 bits per heavy atom. The molecule has 0 radical (unpaired) electrons. The summed E-state index contributed by atoms with van der Waals surface area (Å²) in [6.07, 6.45) is 1.85. The Hall–Kier alpha value is -0.980. The second kappa shape index (κ2) is 6.68. The maximum absolute atomic E-state index is 9.28. The van der Waals surface area contributed by atoms with Crippen molar-refractivity contribution in [2.45, 2.75) is 37.5 Å². The van der Waals surface area contributed by atoms with Crippen LogP contribution in [-0.4, -0.2) is 11.0 Å². The lowest BCUT2D eigenvalue weighted by molar-refractivity contribution is 0.559. The van der Waals surface area contributed by atoms with Crippen LogP contribution >= 0.6 is 11.8 Å². The molecule has 1 aromatic carbocycles. The number of nitrogens with zero attached hydrogens (tertiary/aromatic N) is 1. The first-order valence-electron chi connectivity index (χ1n) is 5.99. The molecule has 0 aromatic heterocycles. The van der Waals surface area contributed by atoms with Gasteiger partial charge in [0, 0.05) is 5.25 Å². The summed E-state index contributed by atoms with van der Waals surface area (Å²) in [4.78, 5) is 0. The molecule has 0 aliphatic carbocycles. The number of thioether (sulfide) groups is 1. The number of nitrogens with two attached hydrogens (primary N) is 1. The number of hydrogen-bond acceptors (Lipinski definition) is 3. The van der Waals surface area contributed by atoms with Crippen LogP contribution < -0.4 is 5.73 Å². The van der Waals surface area contributed by atoms with Crippen molar-refractivity contribution in [3.05, 3.63) is 35.9 Å². The largest absolute Gasteiger partial charge is 0.310 e. The molecule has 2 atom stereocenters. The Bertz CT molecular complexity index is 372. The predicted octanol–water partition coefficient (Wildman–Crippen LogP) is 3.29. The van der Waals surface area contributed by atoms with Gasteiger partial charge in [-0.25, -0.2) is 0 Å². The van der Waals surface area contributed by atoms with Gasteiger partial charge in [-0.1, -0.05) is 44.2 Å². The van der Waals surface area contributed by atoms with Gasteiger partial charge in [-0.15, -0.1) is 0 Å². The van der Waals surface area contributed by atoms with E-state index < -0.39 is 5.54 Å². The van der Waals surface area contributed by atoms with Gasteiger partial charge in [0.25, 0.3) is 0 Å². The van der Waals surface area contributed by atoms with E-state index in [4.69, 9.17) is 5.73 Å². The van der Waals surface area contributed by atoms with Crippen molar-refractivity contribution in [2.75, 3.05) is 5.75 Å². The van der Waals surface area contributed by atoms with E-state index in [0.717, 1.165) is 17.7 Å². The molecule has 1 aromatic rings. The van der Waals surface area contributed by atoms with Crippen molar-refractivity contribution < 1.29 is 0 Å². The van der Waals surface area contributed by atoms with E-state index >= 15 is 0 Å². The lowest BCUT2D eigenvalue weighted by Crippen LogP contribution is -2.35. The van der Waals surface area contributed by atoms with E-state index in [2.05, 4.69) is 19.9 Å². The average Bonchev–Trinajstić information content (AvgIpc) is 2.39. The molecule has 0 saturated heterocycles. The van der Waals surface area contributed by atoms with Crippen LogP contribution in [0.2, 0.25) is 0 Å². The Morgan fingerprint density at radius 2 is 2.06 bits per heavy atom. The molecule has 2 N–H and O–H groups in total. The minimum atomic E-state index is -0.846. The van der Waals surface area contributed by atoms with E-state index in [1.807, 2.05) is 42.1 Å². The summed E-state index contributed by atoms with van der Waals surface area (Å²) in [7, 11) is 0. The third-order valence-electron chi connectivity index (χ3n) is 2.96. The third kappa shape index (κ3) is 4.07. The molecule has 92 valence electrons. The highest BCUT2D eigenvalue weighted by molar-refractivity contribution is 7.99. The number of benzene rings is 1. The highest BCUT2D eigenvalue weighted by atomic mass is 32.2. The fourth-order valence-corrected chi connectivity index (χ4v) is 2.62. The molecule has 2 nitrogen and oxygen atoms in total. The molecule has 3 heteroatoms. The summed E-state index contributed by atoms with van der Waals surface area (Å²) >= 11 is 1.88. The van der Waals surface area contributed by atoms with E-state index in [9.17, 15) is 5.26 Å². The van der Waals surface area contributed by atoms with Crippen LogP contribution in [0.15, 0.2) is 30.3 Å². The third-order valence-corrected chi connectivity index (χ3v) is 4.30. The Labute approximate surface area is 108 Å². The molecule has 0 heterocycles. The first kappa shape index (κ1) is 14.1. The minimum absolute atomic E-state index is 0.633. The van der Waals surface area contributed by atoms with Crippen LogP contribution in [0, 0.1) is 11.3 Å². The monoisotopic (exact) mass is 248 g/mol. The van der Waals surface area contributed by atoms with E-state index in [1.54, 1.807) is 0 Å². The molecule has 0 aliphatic rings. The van der Waals surface area contributed by atoms with E-state index in [0.29, 0.717) is 11.7 Å². The zero-order chi connectivity index (χ0) is 12.7. The Balaban J connectivity index is 2.62. The van der Waals surface area contributed by atoms with Crippen molar-refractivity contribution in [3.8, 4) is 6.07 Å². The van der Waals surface area contributed by atoms with Gasteiger partial charge in [0.05, 0.1) is 6.07 Å². The summed E-state index contributed by atoms with van der Waals surface area (Å²) in [5.41, 5.74) is 6.24. The lowest BCUT2D eigenvalue weighted by Gasteiger charge is -2.22. The highest BCUT2D eigenvalue weighted by Gasteiger charge is 2.26. The van der Waals surface area contributed by atoms with Crippen LogP contribution in [0.5, 0.6) is 0 Å². The smallest absolute Gasteiger partial charge is 0.130 e. The standard InChI is InChI=1S/C14H20N2S/c1-3-12(2)17-10-9-14(16,11-15)13-7-5-4-6-8-13/h4-8,12H,3,9-10,16H2,1-2H3.